The summed E-state index contributed by atoms with van der Waals surface area (Å²) < 4.78 is 6.73. The van der Waals surface area contributed by atoms with Gasteiger partial charge in [0.05, 0.1) is 21.8 Å². The van der Waals surface area contributed by atoms with Crippen molar-refractivity contribution in [3.8, 4) is 5.75 Å². The van der Waals surface area contributed by atoms with E-state index >= 15 is 0 Å². The first-order valence-corrected chi connectivity index (χ1v) is 13.2. The second kappa shape index (κ2) is 8.85. The lowest BCUT2D eigenvalue weighted by molar-refractivity contribution is -0.132. The van der Waals surface area contributed by atoms with E-state index in [-0.39, 0.29) is 17.4 Å². The second-order valence-electron chi connectivity index (χ2n) is 9.69. The number of thiazole rings is 1. The molecular weight excluding hydrogens is 484 g/mol. The van der Waals surface area contributed by atoms with Gasteiger partial charge < -0.3 is 9.84 Å². The maximum Gasteiger partial charge on any atom is 0.301 e. The highest BCUT2D eigenvalue weighted by Gasteiger charge is 2.48. The highest BCUT2D eigenvalue weighted by Crippen LogP contribution is 2.45. The average molecular weight is 511 g/mol. The Morgan fingerprint density at radius 1 is 1.11 bits per heavy atom. The number of hydrogen-bond acceptors (Lipinski definition) is 6. The number of aryl methyl sites for hydroxylation is 2. The Bertz CT molecular complexity index is 1600. The van der Waals surface area contributed by atoms with Gasteiger partial charge >= 0.3 is 5.91 Å². The molecule has 1 fully saturated rings. The standard InChI is InChI=1S/C30H26N2O4S/c1-4-18-6-8-19(9-7-18)26-25(27(33)20-10-12-23-21(15-20)14-17(3)36-23)28(34)29(35)32(26)30-31-22-11-5-16(2)13-24(22)37-30/h5-13,15,17,26,33H,4,14H2,1-3H3. The number of hydrogen-bond donors (Lipinski definition) is 1. The molecular formula is C30H26N2O4S. The van der Waals surface area contributed by atoms with Crippen LogP contribution >= 0.6 is 11.3 Å². The molecule has 0 saturated carbocycles. The zero-order chi connectivity index (χ0) is 25.8. The van der Waals surface area contributed by atoms with Crippen LogP contribution in [0.15, 0.2) is 66.2 Å². The number of aromatic nitrogens is 1. The van der Waals surface area contributed by atoms with Gasteiger partial charge in [0, 0.05) is 12.0 Å². The number of fused-ring (bicyclic) bond motifs is 2. The minimum Gasteiger partial charge on any atom is -0.507 e. The van der Waals surface area contributed by atoms with E-state index < -0.39 is 17.7 Å². The van der Waals surface area contributed by atoms with Crippen LogP contribution in [0.2, 0.25) is 0 Å². The van der Waals surface area contributed by atoms with Crippen LogP contribution in [0.25, 0.3) is 16.0 Å². The molecule has 3 aromatic carbocycles. The fraction of sp³-hybridized carbons (Fsp3) is 0.233. The van der Waals surface area contributed by atoms with E-state index in [4.69, 9.17) is 9.72 Å². The second-order valence-corrected chi connectivity index (χ2v) is 10.7. The van der Waals surface area contributed by atoms with Crippen molar-refractivity contribution in [2.75, 3.05) is 4.90 Å². The average Bonchev–Trinajstić information content (AvgIpc) is 3.55. The number of ketones is 1. The van der Waals surface area contributed by atoms with Gasteiger partial charge in [-0.05, 0) is 72.9 Å². The van der Waals surface area contributed by atoms with Crippen LogP contribution in [0.1, 0.15) is 47.7 Å². The van der Waals surface area contributed by atoms with E-state index in [2.05, 4.69) is 6.92 Å². The molecule has 4 aromatic rings. The van der Waals surface area contributed by atoms with Gasteiger partial charge in [-0.1, -0.05) is 48.6 Å². The summed E-state index contributed by atoms with van der Waals surface area (Å²) in [6, 6.07) is 18.3. The zero-order valence-corrected chi connectivity index (χ0v) is 21.6. The first kappa shape index (κ1) is 23.4. The fourth-order valence-corrected chi connectivity index (χ4v) is 6.22. The number of amides is 1. The van der Waals surface area contributed by atoms with Crippen molar-refractivity contribution in [3.63, 3.8) is 0 Å². The molecule has 1 amide bonds. The lowest BCUT2D eigenvalue weighted by Gasteiger charge is -2.23. The fourth-order valence-electron chi connectivity index (χ4n) is 5.13. The molecule has 7 heteroatoms. The third-order valence-corrected chi connectivity index (χ3v) is 8.07. The van der Waals surface area contributed by atoms with Gasteiger partial charge in [0.25, 0.3) is 5.78 Å². The molecule has 186 valence electrons. The summed E-state index contributed by atoms with van der Waals surface area (Å²) >= 11 is 1.37. The van der Waals surface area contributed by atoms with Crippen LogP contribution in [0.5, 0.6) is 5.75 Å². The normalized spacial score (nSPS) is 20.5. The lowest BCUT2D eigenvalue weighted by atomic mass is 9.94. The zero-order valence-electron chi connectivity index (χ0n) is 20.8. The van der Waals surface area contributed by atoms with Crippen LogP contribution in [-0.2, 0) is 22.4 Å². The van der Waals surface area contributed by atoms with E-state index in [1.807, 2.05) is 68.4 Å². The highest BCUT2D eigenvalue weighted by molar-refractivity contribution is 7.22. The van der Waals surface area contributed by atoms with E-state index in [0.29, 0.717) is 10.7 Å². The molecule has 2 unspecified atom stereocenters. The van der Waals surface area contributed by atoms with Crippen LogP contribution in [0.3, 0.4) is 0 Å². The van der Waals surface area contributed by atoms with E-state index in [1.165, 1.54) is 16.2 Å². The van der Waals surface area contributed by atoms with Crippen LogP contribution < -0.4 is 9.64 Å². The largest absolute Gasteiger partial charge is 0.507 e. The Morgan fingerprint density at radius 3 is 2.65 bits per heavy atom. The summed E-state index contributed by atoms with van der Waals surface area (Å²) in [5.41, 5.74) is 5.26. The molecule has 0 radical (unpaired) electrons. The van der Waals surface area contributed by atoms with Gasteiger partial charge in [-0.2, -0.15) is 0 Å². The highest BCUT2D eigenvalue weighted by atomic mass is 32.1. The van der Waals surface area contributed by atoms with Gasteiger partial charge in [0.15, 0.2) is 5.13 Å². The summed E-state index contributed by atoms with van der Waals surface area (Å²) in [6.45, 7) is 6.07. The molecule has 2 aliphatic rings. The van der Waals surface area contributed by atoms with Crippen molar-refractivity contribution in [3.05, 3.63) is 94.1 Å². The van der Waals surface area contributed by atoms with Gasteiger partial charge in [-0.25, -0.2) is 4.98 Å². The van der Waals surface area contributed by atoms with Crippen molar-refractivity contribution in [2.24, 2.45) is 0 Å². The minimum absolute atomic E-state index is 0.0535. The first-order valence-electron chi connectivity index (χ1n) is 12.4. The van der Waals surface area contributed by atoms with Crippen LogP contribution in [-0.4, -0.2) is 27.9 Å². The predicted octanol–water partition coefficient (Wildman–Crippen LogP) is 6.12. The number of aliphatic hydroxyl groups is 1. The van der Waals surface area contributed by atoms with Gasteiger partial charge in [-0.3, -0.25) is 14.5 Å². The van der Waals surface area contributed by atoms with Gasteiger partial charge in [0.2, 0.25) is 0 Å². The third kappa shape index (κ3) is 3.90. The molecule has 6 rings (SSSR count). The Labute approximate surface area is 218 Å². The topological polar surface area (TPSA) is 79.7 Å². The Balaban J connectivity index is 1.53. The predicted molar refractivity (Wildman–Crippen MR) is 145 cm³/mol. The summed E-state index contributed by atoms with van der Waals surface area (Å²) in [4.78, 5) is 33.2. The number of nitrogens with zero attached hydrogens (tertiary/aromatic N) is 2. The molecule has 0 spiro atoms. The molecule has 1 N–H and O–H groups in total. The number of rotatable bonds is 4. The first-order chi connectivity index (χ1) is 17.8. The van der Waals surface area contributed by atoms with Gasteiger partial charge in [0.1, 0.15) is 17.6 Å². The minimum atomic E-state index is -0.795. The molecule has 2 atom stereocenters. The number of carbonyl (C=O) groups is 2. The summed E-state index contributed by atoms with van der Waals surface area (Å²) in [6.07, 6.45) is 1.64. The number of Topliss-reactive ketones (excluding diaryl/α,β-unsaturated/α-hetero) is 1. The van der Waals surface area contributed by atoms with Crippen LogP contribution in [0, 0.1) is 6.92 Å². The van der Waals surface area contributed by atoms with Crippen molar-refractivity contribution in [1.29, 1.82) is 0 Å². The van der Waals surface area contributed by atoms with E-state index in [0.717, 1.165) is 51.1 Å². The molecule has 6 nitrogen and oxygen atoms in total. The molecule has 0 bridgehead atoms. The Hall–Kier alpha value is -3.97. The smallest absolute Gasteiger partial charge is 0.301 e. The number of carbonyl (C=O) groups excluding carboxylic acids is 2. The molecule has 1 aromatic heterocycles. The Morgan fingerprint density at radius 2 is 1.89 bits per heavy atom. The molecule has 0 aliphatic carbocycles. The summed E-state index contributed by atoms with van der Waals surface area (Å²) in [5, 5.41) is 11.9. The summed E-state index contributed by atoms with van der Waals surface area (Å²) in [5.74, 6) is -0.826. The van der Waals surface area contributed by atoms with E-state index in [1.54, 1.807) is 6.07 Å². The van der Waals surface area contributed by atoms with Crippen LogP contribution in [0.4, 0.5) is 5.13 Å². The number of aliphatic hydroxyl groups excluding tert-OH is 1. The molecule has 1 saturated heterocycles. The molecule has 3 heterocycles. The maximum absolute atomic E-state index is 13.5. The number of anilines is 1. The van der Waals surface area contributed by atoms with Crippen molar-refractivity contribution >= 4 is 44.1 Å². The molecule has 37 heavy (non-hydrogen) atoms. The lowest BCUT2D eigenvalue weighted by Crippen LogP contribution is -2.29. The monoisotopic (exact) mass is 510 g/mol. The number of benzene rings is 3. The summed E-state index contributed by atoms with van der Waals surface area (Å²) in [7, 11) is 0. The third-order valence-electron chi connectivity index (χ3n) is 7.06. The number of ether oxygens (including phenoxy) is 1. The van der Waals surface area contributed by atoms with Crippen molar-refractivity contribution in [1.82, 2.24) is 4.98 Å². The maximum atomic E-state index is 13.5. The molecule has 2 aliphatic heterocycles. The van der Waals surface area contributed by atoms with E-state index in [9.17, 15) is 14.7 Å². The quantitative estimate of drug-likeness (QED) is 0.203. The SMILES string of the molecule is CCc1ccc(C2C(=C(O)c3ccc4c(c3)CC(C)O4)C(=O)C(=O)N2c2nc3ccc(C)cc3s2)cc1. The van der Waals surface area contributed by atoms with Gasteiger partial charge in [-0.15, -0.1) is 0 Å². The Kier molecular flexibility index (Phi) is 5.60. The van der Waals surface area contributed by atoms with Crippen molar-refractivity contribution < 1.29 is 19.4 Å². The van der Waals surface area contributed by atoms with Crippen molar-refractivity contribution in [2.45, 2.75) is 45.8 Å².